The average Bonchev–Trinajstić information content (AvgIpc) is 2.50. The number of hydrogen-bond acceptors (Lipinski definition) is 1. The number of fused-ring (bicyclic) bond motifs is 3. The van der Waals surface area contributed by atoms with E-state index in [1.165, 1.54) is 21.2 Å². The highest BCUT2D eigenvalue weighted by Gasteiger charge is 2.37. The molecule has 1 nitrogen and oxygen atoms in total. The lowest BCUT2D eigenvalue weighted by Crippen LogP contribution is -2.15. The van der Waals surface area contributed by atoms with Crippen molar-refractivity contribution in [3.05, 3.63) is 52.1 Å². The van der Waals surface area contributed by atoms with E-state index in [1.54, 1.807) is 0 Å². The van der Waals surface area contributed by atoms with Gasteiger partial charge < -0.3 is 0 Å². The summed E-state index contributed by atoms with van der Waals surface area (Å²) in [5.41, 5.74) is 5.10. The van der Waals surface area contributed by atoms with Crippen LogP contribution in [0.25, 0.3) is 11.3 Å². The summed E-state index contributed by atoms with van der Waals surface area (Å²) in [5.74, 6) is 0. The Morgan fingerprint density at radius 3 is 2.75 bits per heavy atom. The van der Waals surface area contributed by atoms with Crippen molar-refractivity contribution in [3.63, 3.8) is 0 Å². The molecule has 3 rings (SSSR count). The number of nitrogens with zero attached hydrogens (tertiary/aromatic N) is 1. The summed E-state index contributed by atoms with van der Waals surface area (Å²) in [4.78, 5) is 4.52. The summed E-state index contributed by atoms with van der Waals surface area (Å²) in [6.07, 6.45) is 1.87. The van der Waals surface area contributed by atoms with Gasteiger partial charge in [0.05, 0.1) is 5.69 Å². The minimum Gasteiger partial charge on any atom is -0.256 e. The van der Waals surface area contributed by atoms with Gasteiger partial charge in [-0.3, -0.25) is 4.98 Å². The van der Waals surface area contributed by atoms with Crippen LogP contribution in [0.4, 0.5) is 0 Å². The molecule has 0 bridgehead atoms. The molecule has 0 spiro atoms. The molecule has 16 heavy (non-hydrogen) atoms. The van der Waals surface area contributed by atoms with E-state index in [2.05, 4.69) is 59.0 Å². The molecule has 1 aromatic carbocycles. The van der Waals surface area contributed by atoms with Crippen molar-refractivity contribution in [2.24, 2.45) is 0 Å². The maximum atomic E-state index is 4.52. The first kappa shape index (κ1) is 10.0. The quantitative estimate of drug-likeness (QED) is 0.703. The molecular formula is C14H12BrN. The van der Waals surface area contributed by atoms with Gasteiger partial charge in [-0.15, -0.1) is 0 Å². The van der Waals surface area contributed by atoms with Gasteiger partial charge in [-0.1, -0.05) is 48.0 Å². The van der Waals surface area contributed by atoms with Gasteiger partial charge in [-0.05, 0) is 23.3 Å². The lowest BCUT2D eigenvalue weighted by molar-refractivity contribution is 0.655. The van der Waals surface area contributed by atoms with Crippen molar-refractivity contribution < 1.29 is 0 Å². The third-order valence-corrected chi connectivity index (χ3v) is 4.04. The molecular weight excluding hydrogens is 262 g/mol. The summed E-state index contributed by atoms with van der Waals surface area (Å²) in [6, 6.07) is 10.5. The van der Waals surface area contributed by atoms with Crippen LogP contribution in [0.1, 0.15) is 25.0 Å². The number of rotatable bonds is 0. The highest BCUT2D eigenvalue weighted by atomic mass is 79.9. The minimum atomic E-state index is 0.0407. The molecule has 0 saturated carbocycles. The number of aromatic nitrogens is 1. The predicted octanol–water partition coefficient (Wildman–Crippen LogP) is 4.15. The van der Waals surface area contributed by atoms with Crippen molar-refractivity contribution in [2.75, 3.05) is 0 Å². The molecule has 0 atom stereocenters. The second kappa shape index (κ2) is 3.17. The van der Waals surface area contributed by atoms with Crippen molar-refractivity contribution in [1.29, 1.82) is 0 Å². The van der Waals surface area contributed by atoms with E-state index in [1.807, 2.05) is 12.3 Å². The molecule has 2 aromatic rings. The molecule has 1 aliphatic rings. The highest BCUT2D eigenvalue weighted by molar-refractivity contribution is 9.10. The number of pyridine rings is 1. The van der Waals surface area contributed by atoms with Gasteiger partial charge in [0.2, 0.25) is 0 Å². The first-order valence-electron chi connectivity index (χ1n) is 5.37. The van der Waals surface area contributed by atoms with Gasteiger partial charge in [0.1, 0.15) is 0 Å². The van der Waals surface area contributed by atoms with E-state index in [0.29, 0.717) is 0 Å². The molecule has 0 fully saturated rings. The zero-order valence-electron chi connectivity index (χ0n) is 9.29. The summed E-state index contributed by atoms with van der Waals surface area (Å²) in [5, 5.41) is 0. The molecule has 2 heteroatoms. The molecule has 0 aliphatic heterocycles. The number of halogens is 1. The second-order valence-corrected chi connectivity index (χ2v) is 5.54. The predicted molar refractivity (Wildman–Crippen MR) is 69.5 cm³/mol. The van der Waals surface area contributed by atoms with Crippen LogP contribution in [-0.2, 0) is 5.41 Å². The second-order valence-electron chi connectivity index (χ2n) is 4.69. The van der Waals surface area contributed by atoms with Crippen LogP contribution in [0.2, 0.25) is 0 Å². The van der Waals surface area contributed by atoms with E-state index in [-0.39, 0.29) is 5.41 Å². The van der Waals surface area contributed by atoms with Crippen molar-refractivity contribution in [1.82, 2.24) is 4.98 Å². The van der Waals surface area contributed by atoms with Gasteiger partial charge >= 0.3 is 0 Å². The number of hydrogen-bond donors (Lipinski definition) is 0. The van der Waals surface area contributed by atoms with Crippen LogP contribution in [0, 0.1) is 0 Å². The van der Waals surface area contributed by atoms with E-state index >= 15 is 0 Å². The Hall–Kier alpha value is -1.15. The lowest BCUT2D eigenvalue weighted by Gasteiger charge is -2.21. The zero-order valence-corrected chi connectivity index (χ0v) is 10.9. The fourth-order valence-corrected chi connectivity index (χ4v) is 3.48. The van der Waals surface area contributed by atoms with E-state index in [0.717, 1.165) is 5.69 Å². The van der Waals surface area contributed by atoms with Gasteiger partial charge in [0, 0.05) is 21.6 Å². The smallest absolute Gasteiger partial charge is 0.0746 e. The van der Waals surface area contributed by atoms with Crippen LogP contribution >= 0.6 is 15.9 Å². The standard InChI is InChI=1S/C14H12BrN/c1-14(2)10-6-4-8-16-13(10)9-5-3-7-11(15)12(9)14/h3-8H,1-2H3. The topological polar surface area (TPSA) is 12.9 Å². The maximum absolute atomic E-state index is 4.52. The summed E-state index contributed by atoms with van der Waals surface area (Å²) in [6.45, 7) is 4.51. The Bertz CT molecular complexity index is 573. The molecule has 1 aromatic heterocycles. The third kappa shape index (κ3) is 1.14. The molecule has 0 radical (unpaired) electrons. The molecule has 0 saturated heterocycles. The number of benzene rings is 1. The first-order valence-corrected chi connectivity index (χ1v) is 6.16. The minimum absolute atomic E-state index is 0.0407. The van der Waals surface area contributed by atoms with Crippen LogP contribution in [0.3, 0.4) is 0 Å². The van der Waals surface area contributed by atoms with Crippen molar-refractivity contribution >= 4 is 15.9 Å². The van der Waals surface area contributed by atoms with Gasteiger partial charge in [-0.2, -0.15) is 0 Å². The molecule has 0 N–H and O–H groups in total. The monoisotopic (exact) mass is 273 g/mol. The summed E-state index contributed by atoms with van der Waals surface area (Å²) in [7, 11) is 0. The summed E-state index contributed by atoms with van der Waals surface area (Å²) >= 11 is 3.65. The Labute approximate surface area is 104 Å². The Balaban J connectivity index is 2.44. The Kier molecular flexibility index (Phi) is 1.99. The maximum Gasteiger partial charge on any atom is 0.0746 e. The molecule has 0 unspecified atom stereocenters. The fraction of sp³-hybridized carbons (Fsp3) is 0.214. The largest absolute Gasteiger partial charge is 0.256 e. The van der Waals surface area contributed by atoms with Crippen LogP contribution in [-0.4, -0.2) is 4.98 Å². The Morgan fingerprint density at radius 1 is 1.12 bits per heavy atom. The van der Waals surface area contributed by atoms with E-state index in [9.17, 15) is 0 Å². The molecule has 1 aliphatic carbocycles. The van der Waals surface area contributed by atoms with Gasteiger partial charge in [0.25, 0.3) is 0 Å². The van der Waals surface area contributed by atoms with Crippen LogP contribution < -0.4 is 0 Å². The fourth-order valence-electron chi connectivity index (χ4n) is 2.62. The highest BCUT2D eigenvalue weighted by Crippen LogP contribution is 2.49. The SMILES string of the molecule is CC1(C)c2cccnc2-c2cccc(Br)c21. The Morgan fingerprint density at radius 2 is 1.94 bits per heavy atom. The third-order valence-electron chi connectivity index (χ3n) is 3.37. The molecule has 0 amide bonds. The van der Waals surface area contributed by atoms with Gasteiger partial charge in [-0.25, -0.2) is 0 Å². The summed E-state index contributed by atoms with van der Waals surface area (Å²) < 4.78 is 1.17. The average molecular weight is 274 g/mol. The van der Waals surface area contributed by atoms with Crippen molar-refractivity contribution in [2.45, 2.75) is 19.3 Å². The van der Waals surface area contributed by atoms with Crippen LogP contribution in [0.15, 0.2) is 41.0 Å². The van der Waals surface area contributed by atoms with E-state index in [4.69, 9.17) is 0 Å². The zero-order chi connectivity index (χ0) is 11.3. The molecule has 80 valence electrons. The van der Waals surface area contributed by atoms with Crippen molar-refractivity contribution in [3.8, 4) is 11.3 Å². The normalized spacial score (nSPS) is 15.7. The first-order chi connectivity index (χ1) is 7.62. The lowest BCUT2D eigenvalue weighted by atomic mass is 9.83. The van der Waals surface area contributed by atoms with Crippen LogP contribution in [0.5, 0.6) is 0 Å². The van der Waals surface area contributed by atoms with E-state index < -0.39 is 0 Å². The van der Waals surface area contributed by atoms with Gasteiger partial charge in [0.15, 0.2) is 0 Å². The molecule has 1 heterocycles.